The smallest absolute Gasteiger partial charge is 0.345 e. The molecule has 1 heterocycles. The van der Waals surface area contributed by atoms with Gasteiger partial charge in [0.25, 0.3) is 11.8 Å². The van der Waals surface area contributed by atoms with Crippen LogP contribution in [-0.4, -0.2) is 28.3 Å². The van der Waals surface area contributed by atoms with E-state index in [0.717, 1.165) is 24.0 Å². The molecule has 4 N–H and O–H groups in total. The van der Waals surface area contributed by atoms with Crippen molar-refractivity contribution in [2.24, 2.45) is 0 Å². The molecule has 126 valence electrons. The highest BCUT2D eigenvalue weighted by molar-refractivity contribution is 7.18. The summed E-state index contributed by atoms with van der Waals surface area (Å²) in [4.78, 5) is 38.1. The average Bonchev–Trinajstić information content (AvgIpc) is 3.01. The Hall–Kier alpha value is -3.01. The van der Waals surface area contributed by atoms with E-state index in [1.807, 2.05) is 6.92 Å². The van der Waals surface area contributed by atoms with E-state index in [-0.39, 0.29) is 32.9 Å². The second kappa shape index (κ2) is 7.51. The first-order chi connectivity index (χ1) is 11.4. The van der Waals surface area contributed by atoms with Gasteiger partial charge in [-0.3, -0.25) is 25.0 Å². The van der Waals surface area contributed by atoms with Crippen molar-refractivity contribution in [2.75, 3.05) is 17.6 Å². The predicted octanol–water partition coefficient (Wildman–Crippen LogP) is 2.03. The fourth-order valence-corrected chi connectivity index (χ4v) is 2.49. The maximum atomic E-state index is 12.3. The molecule has 1 aromatic carbocycles. The van der Waals surface area contributed by atoms with Crippen LogP contribution in [0.1, 0.15) is 34.1 Å². The first kappa shape index (κ1) is 17.3. The van der Waals surface area contributed by atoms with Crippen LogP contribution in [0.3, 0.4) is 0 Å². The SMILES string of the molecule is CCCNC(=O)c1cccc(C(=O)Nc2ncc([N+](=O)[O-])s2)c1N. The molecule has 9 nitrogen and oxygen atoms in total. The normalized spacial score (nSPS) is 10.2. The number of carbonyl (C=O) groups excluding carboxylic acids is 2. The van der Waals surface area contributed by atoms with Gasteiger partial charge in [0.1, 0.15) is 6.20 Å². The number of nitrogens with zero attached hydrogens (tertiary/aromatic N) is 2. The number of benzene rings is 1. The van der Waals surface area contributed by atoms with Crippen LogP contribution in [-0.2, 0) is 0 Å². The van der Waals surface area contributed by atoms with E-state index in [4.69, 9.17) is 5.73 Å². The minimum atomic E-state index is -0.597. The lowest BCUT2D eigenvalue weighted by molar-refractivity contribution is -0.380. The van der Waals surface area contributed by atoms with Gasteiger partial charge in [-0.15, -0.1) is 0 Å². The molecule has 10 heteroatoms. The number of nitrogens with one attached hydrogen (secondary N) is 2. The molecule has 2 amide bonds. The lowest BCUT2D eigenvalue weighted by Gasteiger charge is -2.10. The van der Waals surface area contributed by atoms with Crippen molar-refractivity contribution in [1.82, 2.24) is 10.3 Å². The highest BCUT2D eigenvalue weighted by Gasteiger charge is 2.19. The van der Waals surface area contributed by atoms with Gasteiger partial charge in [-0.1, -0.05) is 13.0 Å². The number of thiazole rings is 1. The fraction of sp³-hybridized carbons (Fsp3) is 0.214. The number of carbonyl (C=O) groups is 2. The number of aromatic nitrogens is 1. The number of anilines is 2. The number of nitrogen functional groups attached to an aromatic ring is 1. The number of nitro groups is 1. The maximum Gasteiger partial charge on any atom is 0.345 e. The Kier molecular flexibility index (Phi) is 5.42. The van der Waals surface area contributed by atoms with Crippen LogP contribution in [0.15, 0.2) is 24.4 Å². The van der Waals surface area contributed by atoms with Crippen LogP contribution in [0.4, 0.5) is 15.8 Å². The van der Waals surface area contributed by atoms with Gasteiger partial charge in [0.2, 0.25) is 0 Å². The van der Waals surface area contributed by atoms with Gasteiger partial charge < -0.3 is 11.1 Å². The standard InChI is InChI=1S/C14H15N5O4S/c1-2-6-16-12(20)8-4-3-5-9(11(8)15)13(21)18-14-17-7-10(24-14)19(22)23/h3-5,7H,2,6,15H2,1H3,(H,16,20)(H,17,18,21). The summed E-state index contributed by atoms with van der Waals surface area (Å²) >= 11 is 0.729. The van der Waals surface area contributed by atoms with Gasteiger partial charge in [0.15, 0.2) is 5.13 Å². The fourth-order valence-electron chi connectivity index (χ4n) is 1.87. The highest BCUT2D eigenvalue weighted by atomic mass is 32.1. The van der Waals surface area contributed by atoms with Crippen molar-refractivity contribution in [2.45, 2.75) is 13.3 Å². The van der Waals surface area contributed by atoms with Gasteiger partial charge in [0, 0.05) is 6.54 Å². The van der Waals surface area contributed by atoms with Crippen molar-refractivity contribution in [3.05, 3.63) is 45.6 Å². The van der Waals surface area contributed by atoms with Crippen molar-refractivity contribution >= 4 is 39.0 Å². The molecule has 0 aliphatic heterocycles. The molecule has 0 radical (unpaired) electrons. The van der Waals surface area contributed by atoms with Crippen molar-refractivity contribution in [1.29, 1.82) is 0 Å². The van der Waals surface area contributed by atoms with Crippen LogP contribution in [0, 0.1) is 10.1 Å². The molecule has 0 aliphatic carbocycles. The third-order valence-electron chi connectivity index (χ3n) is 3.02. The Balaban J connectivity index is 2.20. The van der Waals surface area contributed by atoms with Gasteiger partial charge in [-0.2, -0.15) is 0 Å². The van der Waals surface area contributed by atoms with E-state index in [1.165, 1.54) is 18.2 Å². The molecule has 1 aromatic heterocycles. The molecule has 0 saturated heterocycles. The molecule has 0 saturated carbocycles. The Bertz CT molecular complexity index is 789. The zero-order chi connectivity index (χ0) is 17.7. The van der Waals surface area contributed by atoms with Crippen molar-refractivity contribution in [3.63, 3.8) is 0 Å². The molecule has 0 unspecified atom stereocenters. The summed E-state index contributed by atoms with van der Waals surface area (Å²) in [5.74, 6) is -0.962. The third kappa shape index (κ3) is 3.84. The van der Waals surface area contributed by atoms with Gasteiger partial charge in [-0.25, -0.2) is 4.98 Å². The Labute approximate surface area is 141 Å². The average molecular weight is 349 g/mol. The lowest BCUT2D eigenvalue weighted by atomic mass is 10.1. The molecule has 0 atom stereocenters. The molecular formula is C14H15N5O4S. The molecular weight excluding hydrogens is 334 g/mol. The van der Waals surface area contributed by atoms with E-state index in [2.05, 4.69) is 15.6 Å². The van der Waals surface area contributed by atoms with Crippen LogP contribution in [0.25, 0.3) is 0 Å². The van der Waals surface area contributed by atoms with Crippen LogP contribution < -0.4 is 16.4 Å². The highest BCUT2D eigenvalue weighted by Crippen LogP contribution is 2.26. The zero-order valence-corrected chi connectivity index (χ0v) is 13.6. The Morgan fingerprint density at radius 3 is 2.58 bits per heavy atom. The van der Waals surface area contributed by atoms with Crippen molar-refractivity contribution in [3.8, 4) is 0 Å². The largest absolute Gasteiger partial charge is 0.397 e. The van der Waals surface area contributed by atoms with E-state index in [0.29, 0.717) is 6.54 Å². The van der Waals surface area contributed by atoms with Crippen LogP contribution in [0.2, 0.25) is 0 Å². The topological polar surface area (TPSA) is 140 Å². The lowest BCUT2D eigenvalue weighted by Crippen LogP contribution is -2.26. The Morgan fingerprint density at radius 1 is 1.33 bits per heavy atom. The summed E-state index contributed by atoms with van der Waals surface area (Å²) in [5, 5.41) is 15.6. The van der Waals surface area contributed by atoms with Gasteiger partial charge in [-0.05, 0) is 29.9 Å². The monoisotopic (exact) mass is 349 g/mol. The Morgan fingerprint density at radius 2 is 2.00 bits per heavy atom. The molecule has 0 spiro atoms. The number of hydrogen-bond donors (Lipinski definition) is 3. The van der Waals surface area contributed by atoms with Gasteiger partial charge in [0.05, 0.1) is 21.7 Å². The molecule has 0 fully saturated rings. The number of amides is 2. The molecule has 2 rings (SSSR count). The second-order valence-electron chi connectivity index (χ2n) is 4.74. The number of rotatable bonds is 6. The molecule has 0 bridgehead atoms. The first-order valence-corrected chi connectivity index (χ1v) is 7.84. The third-order valence-corrected chi connectivity index (χ3v) is 3.89. The van der Waals surface area contributed by atoms with E-state index >= 15 is 0 Å². The van der Waals surface area contributed by atoms with Crippen molar-refractivity contribution < 1.29 is 14.5 Å². The van der Waals surface area contributed by atoms with E-state index in [1.54, 1.807) is 0 Å². The molecule has 0 aliphatic rings. The van der Waals surface area contributed by atoms with E-state index < -0.39 is 10.8 Å². The summed E-state index contributed by atoms with van der Waals surface area (Å²) in [6, 6.07) is 4.52. The number of para-hydroxylation sites is 1. The van der Waals surface area contributed by atoms with Crippen LogP contribution in [0.5, 0.6) is 0 Å². The summed E-state index contributed by atoms with van der Waals surface area (Å²) in [5.41, 5.74) is 6.24. The first-order valence-electron chi connectivity index (χ1n) is 7.02. The summed E-state index contributed by atoms with van der Waals surface area (Å²) in [6.07, 6.45) is 1.83. The zero-order valence-electron chi connectivity index (χ0n) is 12.7. The molecule has 2 aromatic rings. The summed E-state index contributed by atoms with van der Waals surface area (Å²) in [6.45, 7) is 2.41. The second-order valence-corrected chi connectivity index (χ2v) is 5.75. The number of nitrogens with two attached hydrogens (primary N) is 1. The van der Waals surface area contributed by atoms with Gasteiger partial charge >= 0.3 is 5.00 Å². The minimum absolute atomic E-state index is 0.0367. The minimum Gasteiger partial charge on any atom is -0.397 e. The summed E-state index contributed by atoms with van der Waals surface area (Å²) < 4.78 is 0. The van der Waals surface area contributed by atoms with E-state index in [9.17, 15) is 19.7 Å². The summed E-state index contributed by atoms with van der Waals surface area (Å²) in [7, 11) is 0. The maximum absolute atomic E-state index is 12.3. The molecule has 24 heavy (non-hydrogen) atoms. The quantitative estimate of drug-likeness (QED) is 0.414. The number of hydrogen-bond acceptors (Lipinski definition) is 7. The van der Waals surface area contributed by atoms with Crippen LogP contribution >= 0.6 is 11.3 Å². The predicted molar refractivity (Wildman–Crippen MR) is 90.2 cm³/mol.